The Kier molecular flexibility index (Phi) is 8.72. The third-order valence-corrected chi connectivity index (χ3v) is 5.51. The molecule has 0 bridgehead atoms. The first-order valence-electron chi connectivity index (χ1n) is 8.45. The second-order valence-corrected chi connectivity index (χ2v) is 8.18. The van der Waals surface area contributed by atoms with Crippen LogP contribution in [0.15, 0.2) is 26.0 Å². The molecule has 2 rings (SSSR count). The quantitative estimate of drug-likeness (QED) is 0.356. The molecule has 1 saturated heterocycles. The second kappa shape index (κ2) is 10.8. The molecule has 0 aromatic heterocycles. The molecule has 0 N–H and O–H groups in total. The number of hydrogen-bond donors (Lipinski definition) is 0. The SMILES string of the molecule is CCOC(=O)COc1c(Br)cc(/C=C2/SC(=O)N(CC(=O)OCC)C2=O)cc1Br. The summed E-state index contributed by atoms with van der Waals surface area (Å²) in [6.07, 6.45) is 1.53. The van der Waals surface area contributed by atoms with Crippen molar-refractivity contribution in [1.82, 2.24) is 4.90 Å². The summed E-state index contributed by atoms with van der Waals surface area (Å²) in [5.74, 6) is -1.32. The normalized spacial score (nSPS) is 15.0. The van der Waals surface area contributed by atoms with Crippen LogP contribution in [0.4, 0.5) is 4.79 Å². The van der Waals surface area contributed by atoms with Crippen LogP contribution in [0.5, 0.6) is 5.75 Å². The minimum absolute atomic E-state index is 0.164. The van der Waals surface area contributed by atoms with Gasteiger partial charge in [-0.1, -0.05) is 0 Å². The first kappa shape index (κ1) is 23.4. The third-order valence-electron chi connectivity index (χ3n) is 3.42. The number of esters is 2. The molecule has 1 heterocycles. The van der Waals surface area contributed by atoms with Crippen LogP contribution in [0.3, 0.4) is 0 Å². The maximum absolute atomic E-state index is 12.4. The summed E-state index contributed by atoms with van der Waals surface area (Å²) >= 11 is 7.46. The summed E-state index contributed by atoms with van der Waals surface area (Å²) in [6, 6.07) is 3.34. The van der Waals surface area contributed by atoms with Gasteiger partial charge in [0.25, 0.3) is 11.1 Å². The molecule has 11 heteroatoms. The largest absolute Gasteiger partial charge is 0.480 e. The fourth-order valence-corrected chi connectivity index (χ4v) is 4.55. The highest BCUT2D eigenvalue weighted by atomic mass is 79.9. The lowest BCUT2D eigenvalue weighted by Gasteiger charge is -2.11. The zero-order valence-electron chi connectivity index (χ0n) is 15.5. The third kappa shape index (κ3) is 6.31. The van der Waals surface area contributed by atoms with Crippen molar-refractivity contribution >= 4 is 72.8 Å². The predicted octanol–water partition coefficient (Wildman–Crippen LogP) is 3.75. The van der Waals surface area contributed by atoms with Crippen molar-refractivity contribution in [2.75, 3.05) is 26.4 Å². The van der Waals surface area contributed by atoms with E-state index < -0.39 is 29.6 Å². The van der Waals surface area contributed by atoms with Crippen molar-refractivity contribution in [3.05, 3.63) is 31.5 Å². The Morgan fingerprint density at radius 1 is 1.07 bits per heavy atom. The Morgan fingerprint density at radius 3 is 2.24 bits per heavy atom. The summed E-state index contributed by atoms with van der Waals surface area (Å²) in [7, 11) is 0. The number of benzene rings is 1. The summed E-state index contributed by atoms with van der Waals surface area (Å²) in [5, 5.41) is -0.540. The molecule has 0 spiro atoms. The van der Waals surface area contributed by atoms with E-state index in [1.54, 1.807) is 26.0 Å². The van der Waals surface area contributed by atoms with Crippen LogP contribution in [0, 0.1) is 0 Å². The van der Waals surface area contributed by atoms with Crippen LogP contribution >= 0.6 is 43.6 Å². The van der Waals surface area contributed by atoms with E-state index in [1.165, 1.54) is 6.08 Å². The number of hydrogen-bond acceptors (Lipinski definition) is 8. The molecule has 1 aromatic rings. The van der Waals surface area contributed by atoms with E-state index in [9.17, 15) is 19.2 Å². The molecule has 8 nitrogen and oxygen atoms in total. The van der Waals surface area contributed by atoms with Crippen LogP contribution in [0.2, 0.25) is 0 Å². The van der Waals surface area contributed by atoms with E-state index in [-0.39, 0.29) is 24.7 Å². The van der Waals surface area contributed by atoms with Gasteiger partial charge in [0.05, 0.1) is 27.1 Å². The van der Waals surface area contributed by atoms with E-state index in [4.69, 9.17) is 14.2 Å². The number of amides is 2. The molecule has 156 valence electrons. The standard InChI is InChI=1S/C18H17Br2NO7S/c1-3-26-14(22)8-21-17(24)13(29-18(21)25)7-10-5-11(19)16(12(20)6-10)28-9-15(23)27-4-2/h5-7H,3-4,8-9H2,1-2H3/b13-7+. The van der Waals surface area contributed by atoms with E-state index in [0.29, 0.717) is 20.3 Å². The van der Waals surface area contributed by atoms with Crippen molar-refractivity contribution in [1.29, 1.82) is 0 Å². The lowest BCUT2D eigenvalue weighted by atomic mass is 10.2. The lowest BCUT2D eigenvalue weighted by molar-refractivity contribution is -0.146. The van der Waals surface area contributed by atoms with E-state index >= 15 is 0 Å². The van der Waals surface area contributed by atoms with Crippen LogP contribution in [-0.4, -0.2) is 54.4 Å². The Bertz CT molecular complexity index is 849. The molecule has 0 aliphatic carbocycles. The number of imide groups is 1. The first-order valence-corrected chi connectivity index (χ1v) is 10.9. The highest BCUT2D eigenvalue weighted by Gasteiger charge is 2.36. The van der Waals surface area contributed by atoms with Gasteiger partial charge >= 0.3 is 11.9 Å². The van der Waals surface area contributed by atoms with Crippen LogP contribution in [-0.2, 0) is 23.9 Å². The summed E-state index contributed by atoms with van der Waals surface area (Å²) in [6.45, 7) is 3.08. The van der Waals surface area contributed by atoms with Crippen molar-refractivity contribution in [2.24, 2.45) is 0 Å². The van der Waals surface area contributed by atoms with Gasteiger partial charge in [0.1, 0.15) is 12.3 Å². The number of rotatable bonds is 8. The smallest absolute Gasteiger partial charge is 0.344 e. The van der Waals surface area contributed by atoms with Gasteiger partial charge in [-0.3, -0.25) is 19.3 Å². The van der Waals surface area contributed by atoms with Crippen LogP contribution in [0.25, 0.3) is 6.08 Å². The molecular weight excluding hydrogens is 534 g/mol. The maximum Gasteiger partial charge on any atom is 0.344 e. The van der Waals surface area contributed by atoms with Gasteiger partial charge < -0.3 is 14.2 Å². The van der Waals surface area contributed by atoms with Crippen molar-refractivity contribution < 1.29 is 33.4 Å². The molecule has 0 unspecified atom stereocenters. The molecule has 0 radical (unpaired) electrons. The van der Waals surface area contributed by atoms with Gasteiger partial charge in [0.2, 0.25) is 0 Å². The molecule has 29 heavy (non-hydrogen) atoms. The van der Waals surface area contributed by atoms with Crippen molar-refractivity contribution in [2.45, 2.75) is 13.8 Å². The first-order chi connectivity index (χ1) is 13.8. The highest BCUT2D eigenvalue weighted by molar-refractivity contribution is 9.11. The molecule has 0 atom stereocenters. The topological polar surface area (TPSA) is 99.2 Å². The number of carbonyl (C=O) groups is 4. The van der Waals surface area contributed by atoms with Crippen molar-refractivity contribution in [3.8, 4) is 5.75 Å². The Morgan fingerprint density at radius 2 is 1.66 bits per heavy atom. The van der Waals surface area contributed by atoms with Gasteiger partial charge in [0.15, 0.2) is 6.61 Å². The van der Waals surface area contributed by atoms with Gasteiger partial charge in [-0.15, -0.1) is 0 Å². The van der Waals surface area contributed by atoms with E-state index in [1.807, 2.05) is 0 Å². The van der Waals surface area contributed by atoms with Gasteiger partial charge in [-0.05, 0) is 81.2 Å². The Labute approximate surface area is 188 Å². The van der Waals surface area contributed by atoms with Gasteiger partial charge in [-0.25, -0.2) is 4.79 Å². The maximum atomic E-state index is 12.4. The monoisotopic (exact) mass is 549 g/mol. The molecule has 1 aliphatic rings. The predicted molar refractivity (Wildman–Crippen MR) is 113 cm³/mol. The minimum Gasteiger partial charge on any atom is -0.480 e. The van der Waals surface area contributed by atoms with Crippen molar-refractivity contribution in [3.63, 3.8) is 0 Å². The number of thioether (sulfide) groups is 1. The van der Waals surface area contributed by atoms with E-state index in [2.05, 4.69) is 31.9 Å². The Balaban J connectivity index is 2.16. The minimum atomic E-state index is -0.648. The number of carbonyl (C=O) groups excluding carboxylic acids is 4. The summed E-state index contributed by atoms with van der Waals surface area (Å²) in [4.78, 5) is 48.5. The Hall–Kier alpha value is -1.85. The van der Waals surface area contributed by atoms with Crippen LogP contribution < -0.4 is 4.74 Å². The molecule has 0 saturated carbocycles. The number of nitrogens with zero attached hydrogens (tertiary/aromatic N) is 1. The fourth-order valence-electron chi connectivity index (χ4n) is 2.26. The molecular formula is C18H17Br2NO7S. The summed E-state index contributed by atoms with van der Waals surface area (Å²) < 4.78 is 16.1. The van der Waals surface area contributed by atoms with E-state index in [0.717, 1.165) is 16.7 Å². The average molecular weight is 551 g/mol. The summed E-state index contributed by atoms with van der Waals surface area (Å²) in [5.41, 5.74) is 0.605. The highest BCUT2D eigenvalue weighted by Crippen LogP contribution is 2.37. The number of halogens is 2. The van der Waals surface area contributed by atoms with Gasteiger partial charge in [0, 0.05) is 0 Å². The molecule has 1 aromatic carbocycles. The zero-order chi connectivity index (χ0) is 21.6. The molecule has 1 aliphatic heterocycles. The molecule has 2 amide bonds. The van der Waals surface area contributed by atoms with Crippen LogP contribution in [0.1, 0.15) is 19.4 Å². The average Bonchev–Trinajstić information content (AvgIpc) is 2.89. The van der Waals surface area contributed by atoms with Gasteiger partial charge in [-0.2, -0.15) is 0 Å². The second-order valence-electron chi connectivity index (χ2n) is 5.48. The molecule has 1 fully saturated rings. The zero-order valence-corrected chi connectivity index (χ0v) is 19.5. The lowest BCUT2D eigenvalue weighted by Crippen LogP contribution is -2.34. The fraction of sp³-hybridized carbons (Fsp3) is 0.333. The number of ether oxygens (including phenoxy) is 3.